The van der Waals surface area contributed by atoms with Crippen molar-refractivity contribution in [1.29, 1.82) is 0 Å². The standard InChI is InChI=1S/C17H27N3O/c1-12(2)16-10-14(7-6-13(16)3)18-17(21)20(5)15-8-9-19(4)11-15/h6-7,10,12,15H,8-9,11H2,1-5H3,(H,18,21)/t15-/m0/s1. The zero-order chi connectivity index (χ0) is 15.6. The molecule has 1 saturated heterocycles. The molecule has 0 unspecified atom stereocenters. The van der Waals surface area contributed by atoms with Gasteiger partial charge in [0, 0.05) is 25.3 Å². The van der Waals surface area contributed by atoms with Gasteiger partial charge in [0.15, 0.2) is 0 Å². The van der Waals surface area contributed by atoms with Crippen molar-refractivity contribution in [3.8, 4) is 0 Å². The highest BCUT2D eigenvalue weighted by Crippen LogP contribution is 2.23. The van der Waals surface area contributed by atoms with Crippen molar-refractivity contribution in [2.45, 2.75) is 39.2 Å². The van der Waals surface area contributed by atoms with E-state index in [9.17, 15) is 4.79 Å². The molecule has 4 heteroatoms. The van der Waals surface area contributed by atoms with Gasteiger partial charge in [-0.25, -0.2) is 4.79 Å². The van der Waals surface area contributed by atoms with E-state index in [-0.39, 0.29) is 6.03 Å². The number of nitrogens with one attached hydrogen (secondary N) is 1. The Bertz CT molecular complexity index is 513. The van der Waals surface area contributed by atoms with Crippen molar-refractivity contribution in [3.63, 3.8) is 0 Å². The third-order valence-corrected chi connectivity index (χ3v) is 4.39. The minimum atomic E-state index is -0.0196. The Morgan fingerprint density at radius 3 is 2.71 bits per heavy atom. The van der Waals surface area contributed by atoms with Gasteiger partial charge in [0.1, 0.15) is 0 Å². The van der Waals surface area contributed by atoms with Gasteiger partial charge in [-0.05, 0) is 56.1 Å². The third kappa shape index (κ3) is 3.76. The van der Waals surface area contributed by atoms with Crippen molar-refractivity contribution in [2.24, 2.45) is 0 Å². The van der Waals surface area contributed by atoms with Crippen molar-refractivity contribution < 1.29 is 4.79 Å². The first-order valence-electron chi connectivity index (χ1n) is 7.71. The molecular formula is C17H27N3O. The van der Waals surface area contributed by atoms with Crippen LogP contribution in [0.1, 0.15) is 37.3 Å². The summed E-state index contributed by atoms with van der Waals surface area (Å²) in [6, 6.07) is 6.44. The summed E-state index contributed by atoms with van der Waals surface area (Å²) >= 11 is 0. The monoisotopic (exact) mass is 289 g/mol. The quantitative estimate of drug-likeness (QED) is 0.927. The Labute approximate surface area is 128 Å². The first kappa shape index (κ1) is 15.8. The summed E-state index contributed by atoms with van der Waals surface area (Å²) in [7, 11) is 3.98. The summed E-state index contributed by atoms with van der Waals surface area (Å²) in [5, 5.41) is 3.02. The number of rotatable bonds is 3. The van der Waals surface area contributed by atoms with Gasteiger partial charge in [-0.2, -0.15) is 0 Å². The molecule has 0 saturated carbocycles. The molecule has 4 nitrogen and oxygen atoms in total. The Morgan fingerprint density at radius 2 is 2.14 bits per heavy atom. The van der Waals surface area contributed by atoms with Crippen LogP contribution in [0, 0.1) is 6.92 Å². The number of likely N-dealkylation sites (N-methyl/N-ethyl adjacent to an activating group) is 2. The Kier molecular flexibility index (Phi) is 4.88. The molecule has 0 bridgehead atoms. The normalized spacial score (nSPS) is 19.0. The van der Waals surface area contributed by atoms with Gasteiger partial charge >= 0.3 is 6.03 Å². The molecule has 0 aromatic heterocycles. The van der Waals surface area contributed by atoms with Crippen molar-refractivity contribution >= 4 is 11.7 Å². The number of hydrogen-bond donors (Lipinski definition) is 1. The maximum Gasteiger partial charge on any atom is 0.321 e. The summed E-state index contributed by atoms with van der Waals surface area (Å²) < 4.78 is 0. The molecule has 0 radical (unpaired) electrons. The molecule has 0 aliphatic carbocycles. The zero-order valence-electron chi connectivity index (χ0n) is 13.8. The Morgan fingerprint density at radius 1 is 1.43 bits per heavy atom. The lowest BCUT2D eigenvalue weighted by molar-refractivity contribution is 0.204. The molecule has 2 rings (SSSR count). The van der Waals surface area contributed by atoms with Gasteiger partial charge < -0.3 is 15.1 Å². The SMILES string of the molecule is Cc1ccc(NC(=O)N(C)[C@H]2CCN(C)C2)cc1C(C)C. The van der Waals surface area contributed by atoms with Crippen LogP contribution in [-0.4, -0.2) is 49.1 Å². The van der Waals surface area contributed by atoms with Crippen LogP contribution in [-0.2, 0) is 0 Å². The number of hydrogen-bond acceptors (Lipinski definition) is 2. The number of carbonyl (C=O) groups excluding carboxylic acids is 1. The molecule has 1 atom stereocenters. The fourth-order valence-corrected chi connectivity index (χ4v) is 2.95. The highest BCUT2D eigenvalue weighted by Gasteiger charge is 2.26. The number of benzene rings is 1. The summed E-state index contributed by atoms with van der Waals surface area (Å²) in [4.78, 5) is 16.5. The second kappa shape index (κ2) is 6.48. The van der Waals surface area contributed by atoms with E-state index in [0.717, 1.165) is 25.2 Å². The molecule has 2 amide bonds. The fraction of sp³-hybridized carbons (Fsp3) is 0.588. The molecule has 1 aliphatic rings. The van der Waals surface area contributed by atoms with Crippen LogP contribution >= 0.6 is 0 Å². The van der Waals surface area contributed by atoms with E-state index in [1.165, 1.54) is 11.1 Å². The number of nitrogens with zero attached hydrogens (tertiary/aromatic N) is 2. The van der Waals surface area contributed by atoms with Crippen molar-refractivity contribution in [1.82, 2.24) is 9.80 Å². The van der Waals surface area contributed by atoms with E-state index >= 15 is 0 Å². The molecular weight excluding hydrogens is 262 g/mol. The van der Waals surface area contributed by atoms with Gasteiger partial charge in [-0.1, -0.05) is 19.9 Å². The molecule has 1 heterocycles. The van der Waals surface area contributed by atoms with Crippen LogP contribution in [0.25, 0.3) is 0 Å². The summed E-state index contributed by atoms with van der Waals surface area (Å²) in [6.07, 6.45) is 1.05. The molecule has 1 aromatic carbocycles. The first-order valence-corrected chi connectivity index (χ1v) is 7.71. The van der Waals surface area contributed by atoms with E-state index in [1.807, 2.05) is 18.0 Å². The number of likely N-dealkylation sites (tertiary alicyclic amines) is 1. The second-order valence-electron chi connectivity index (χ2n) is 6.47. The van der Waals surface area contributed by atoms with Crippen LogP contribution < -0.4 is 5.32 Å². The van der Waals surface area contributed by atoms with Crippen LogP contribution in [0.3, 0.4) is 0 Å². The lowest BCUT2D eigenvalue weighted by Crippen LogP contribution is -2.41. The zero-order valence-corrected chi connectivity index (χ0v) is 13.8. The summed E-state index contributed by atoms with van der Waals surface area (Å²) in [5.74, 6) is 0.461. The summed E-state index contributed by atoms with van der Waals surface area (Å²) in [6.45, 7) is 8.48. The predicted octanol–water partition coefficient (Wildman–Crippen LogP) is 3.29. The minimum Gasteiger partial charge on any atom is -0.323 e. The second-order valence-corrected chi connectivity index (χ2v) is 6.47. The topological polar surface area (TPSA) is 35.6 Å². The number of urea groups is 1. The van der Waals surface area contributed by atoms with Crippen LogP contribution in [0.4, 0.5) is 10.5 Å². The largest absolute Gasteiger partial charge is 0.323 e. The van der Waals surface area contributed by atoms with E-state index in [0.29, 0.717) is 12.0 Å². The van der Waals surface area contributed by atoms with Gasteiger partial charge in [0.05, 0.1) is 0 Å². The lowest BCUT2D eigenvalue weighted by atomic mass is 9.97. The lowest BCUT2D eigenvalue weighted by Gasteiger charge is -2.25. The number of amides is 2. The number of carbonyl (C=O) groups is 1. The molecule has 1 fully saturated rings. The number of anilines is 1. The number of aryl methyl sites for hydroxylation is 1. The van der Waals surface area contributed by atoms with Crippen LogP contribution in [0.2, 0.25) is 0 Å². The van der Waals surface area contributed by atoms with E-state index in [4.69, 9.17) is 0 Å². The minimum absolute atomic E-state index is 0.0196. The van der Waals surface area contributed by atoms with E-state index in [2.05, 4.69) is 50.2 Å². The Hall–Kier alpha value is -1.55. The van der Waals surface area contributed by atoms with Gasteiger partial charge in [0.25, 0.3) is 0 Å². The van der Waals surface area contributed by atoms with Gasteiger partial charge in [-0.3, -0.25) is 0 Å². The van der Waals surface area contributed by atoms with Crippen molar-refractivity contribution in [3.05, 3.63) is 29.3 Å². The third-order valence-electron chi connectivity index (χ3n) is 4.39. The highest BCUT2D eigenvalue weighted by molar-refractivity contribution is 5.89. The first-order chi connectivity index (χ1) is 9.88. The van der Waals surface area contributed by atoms with E-state index in [1.54, 1.807) is 0 Å². The maximum atomic E-state index is 12.4. The van der Waals surface area contributed by atoms with Crippen molar-refractivity contribution in [2.75, 3.05) is 32.5 Å². The molecule has 1 aromatic rings. The highest BCUT2D eigenvalue weighted by atomic mass is 16.2. The molecule has 1 N–H and O–H groups in total. The molecule has 0 spiro atoms. The van der Waals surface area contributed by atoms with Gasteiger partial charge in [-0.15, -0.1) is 0 Å². The molecule has 116 valence electrons. The fourth-order valence-electron chi connectivity index (χ4n) is 2.95. The molecule has 1 aliphatic heterocycles. The predicted molar refractivity (Wildman–Crippen MR) is 88.0 cm³/mol. The molecule has 21 heavy (non-hydrogen) atoms. The average Bonchev–Trinajstić information content (AvgIpc) is 2.86. The van der Waals surface area contributed by atoms with Gasteiger partial charge in [0.2, 0.25) is 0 Å². The smallest absolute Gasteiger partial charge is 0.321 e. The average molecular weight is 289 g/mol. The van der Waals surface area contributed by atoms with E-state index < -0.39 is 0 Å². The van der Waals surface area contributed by atoms with Crippen LogP contribution in [0.15, 0.2) is 18.2 Å². The van der Waals surface area contributed by atoms with Crippen LogP contribution in [0.5, 0.6) is 0 Å². The summed E-state index contributed by atoms with van der Waals surface area (Å²) in [5.41, 5.74) is 3.44. The maximum absolute atomic E-state index is 12.4. The Balaban J connectivity index is 2.04.